The Morgan fingerprint density at radius 2 is 1.82 bits per heavy atom. The molecule has 1 aromatic heterocycles. The fourth-order valence-electron chi connectivity index (χ4n) is 4.07. The van der Waals surface area contributed by atoms with Gasteiger partial charge in [-0.05, 0) is 42.6 Å². The molecule has 0 N–H and O–H groups in total. The Hall–Kier alpha value is -1.71. The second-order valence-corrected chi connectivity index (χ2v) is 6.85. The van der Waals surface area contributed by atoms with Gasteiger partial charge in [-0.1, -0.05) is 24.3 Å². The summed E-state index contributed by atoms with van der Waals surface area (Å²) in [5, 5.41) is 0. The molecule has 2 aliphatic heterocycles. The summed E-state index contributed by atoms with van der Waals surface area (Å²) in [6, 6.07) is 14.9. The molecule has 4 rings (SSSR count). The molecule has 0 radical (unpaired) electrons. The highest BCUT2D eigenvalue weighted by atomic mass is 15.2. The molecule has 22 heavy (non-hydrogen) atoms. The van der Waals surface area contributed by atoms with E-state index in [9.17, 15) is 0 Å². The summed E-state index contributed by atoms with van der Waals surface area (Å²) in [5.74, 6) is 1.76. The molecule has 3 heteroatoms. The monoisotopic (exact) mass is 293 g/mol. The van der Waals surface area contributed by atoms with E-state index in [-0.39, 0.29) is 0 Å². The Labute approximate surface area is 132 Å². The summed E-state index contributed by atoms with van der Waals surface area (Å²) >= 11 is 0. The maximum absolute atomic E-state index is 4.46. The Balaban J connectivity index is 1.46. The quantitative estimate of drug-likeness (QED) is 0.867. The van der Waals surface area contributed by atoms with Crippen molar-refractivity contribution in [3.63, 3.8) is 0 Å². The SMILES string of the molecule is CN1C[C@@H]2CN(Cc3cccc(-c4ccccn4)c3)C[C@@H]2C1. The molecule has 0 saturated carbocycles. The van der Waals surface area contributed by atoms with Crippen LogP contribution in [0.25, 0.3) is 11.3 Å². The molecule has 2 saturated heterocycles. The van der Waals surface area contributed by atoms with Gasteiger partial charge in [0.1, 0.15) is 0 Å². The van der Waals surface area contributed by atoms with Crippen molar-refractivity contribution in [2.45, 2.75) is 6.54 Å². The lowest BCUT2D eigenvalue weighted by Crippen LogP contribution is -2.26. The highest BCUT2D eigenvalue weighted by Crippen LogP contribution is 2.31. The van der Waals surface area contributed by atoms with E-state index < -0.39 is 0 Å². The van der Waals surface area contributed by atoms with Gasteiger partial charge in [0.15, 0.2) is 0 Å². The van der Waals surface area contributed by atoms with Gasteiger partial charge >= 0.3 is 0 Å². The van der Waals surface area contributed by atoms with Crippen LogP contribution in [0.3, 0.4) is 0 Å². The number of hydrogen-bond donors (Lipinski definition) is 0. The minimum absolute atomic E-state index is 0.879. The summed E-state index contributed by atoms with van der Waals surface area (Å²) < 4.78 is 0. The fraction of sp³-hybridized carbons (Fsp3) is 0.421. The largest absolute Gasteiger partial charge is 0.306 e. The predicted molar refractivity (Wildman–Crippen MR) is 89.4 cm³/mol. The first-order valence-corrected chi connectivity index (χ1v) is 8.19. The molecule has 0 amide bonds. The van der Waals surface area contributed by atoms with Crippen LogP contribution in [0, 0.1) is 11.8 Å². The van der Waals surface area contributed by atoms with E-state index in [0.29, 0.717) is 0 Å². The van der Waals surface area contributed by atoms with Crippen molar-refractivity contribution in [1.29, 1.82) is 0 Å². The maximum atomic E-state index is 4.46. The molecule has 2 fully saturated rings. The van der Waals surface area contributed by atoms with Gasteiger partial charge in [-0.25, -0.2) is 0 Å². The number of benzene rings is 1. The highest BCUT2D eigenvalue weighted by molar-refractivity contribution is 5.59. The molecule has 2 atom stereocenters. The number of aromatic nitrogens is 1. The molecule has 3 nitrogen and oxygen atoms in total. The maximum Gasteiger partial charge on any atom is 0.0702 e. The number of rotatable bonds is 3. The Kier molecular flexibility index (Phi) is 3.68. The lowest BCUT2D eigenvalue weighted by atomic mass is 10.0. The van der Waals surface area contributed by atoms with Crippen molar-refractivity contribution in [1.82, 2.24) is 14.8 Å². The Morgan fingerprint density at radius 1 is 1.00 bits per heavy atom. The normalized spacial score (nSPS) is 25.5. The van der Waals surface area contributed by atoms with Crippen LogP contribution in [0.5, 0.6) is 0 Å². The zero-order valence-corrected chi connectivity index (χ0v) is 13.2. The van der Waals surface area contributed by atoms with E-state index in [1.54, 1.807) is 0 Å². The van der Waals surface area contributed by atoms with E-state index in [1.165, 1.54) is 37.3 Å². The first kappa shape index (κ1) is 13.9. The number of pyridine rings is 1. The van der Waals surface area contributed by atoms with Gasteiger partial charge in [0.05, 0.1) is 5.69 Å². The zero-order valence-electron chi connectivity index (χ0n) is 13.2. The van der Waals surface area contributed by atoms with Gasteiger partial charge in [0.2, 0.25) is 0 Å². The van der Waals surface area contributed by atoms with Crippen LogP contribution in [0.1, 0.15) is 5.56 Å². The Bertz CT molecular complexity index is 626. The molecule has 0 bridgehead atoms. The topological polar surface area (TPSA) is 19.4 Å². The van der Waals surface area contributed by atoms with E-state index in [2.05, 4.69) is 52.2 Å². The predicted octanol–water partition coefficient (Wildman–Crippen LogP) is 2.74. The van der Waals surface area contributed by atoms with Gasteiger partial charge in [-0.2, -0.15) is 0 Å². The fourth-order valence-corrected chi connectivity index (χ4v) is 4.07. The molecule has 1 aromatic carbocycles. The number of hydrogen-bond acceptors (Lipinski definition) is 3. The third-order valence-corrected chi connectivity index (χ3v) is 5.04. The smallest absolute Gasteiger partial charge is 0.0702 e. The lowest BCUT2D eigenvalue weighted by Gasteiger charge is -2.19. The summed E-state index contributed by atoms with van der Waals surface area (Å²) in [4.78, 5) is 9.56. The molecular weight excluding hydrogens is 270 g/mol. The first-order chi connectivity index (χ1) is 10.8. The van der Waals surface area contributed by atoms with Crippen LogP contribution in [0.15, 0.2) is 48.7 Å². The third kappa shape index (κ3) is 2.79. The molecule has 2 aromatic rings. The van der Waals surface area contributed by atoms with Crippen molar-refractivity contribution in [2.24, 2.45) is 11.8 Å². The van der Waals surface area contributed by atoms with Crippen LogP contribution in [0.2, 0.25) is 0 Å². The van der Waals surface area contributed by atoms with Gasteiger partial charge in [-0.15, -0.1) is 0 Å². The molecule has 3 heterocycles. The summed E-state index contributed by atoms with van der Waals surface area (Å²) in [6.45, 7) is 6.12. The van der Waals surface area contributed by atoms with Gasteiger partial charge in [-0.3, -0.25) is 9.88 Å². The molecule has 2 aliphatic rings. The van der Waals surface area contributed by atoms with E-state index >= 15 is 0 Å². The van der Waals surface area contributed by atoms with Crippen LogP contribution in [0.4, 0.5) is 0 Å². The van der Waals surface area contributed by atoms with E-state index in [1.807, 2.05) is 18.3 Å². The van der Waals surface area contributed by atoms with E-state index in [0.717, 1.165) is 24.1 Å². The molecule has 114 valence electrons. The number of likely N-dealkylation sites (tertiary alicyclic amines) is 2. The second kappa shape index (κ2) is 5.82. The summed E-state index contributed by atoms with van der Waals surface area (Å²) in [5.41, 5.74) is 3.68. The standard InChI is InChI=1S/C19H23N3/c1-21-11-17-13-22(14-18(17)12-21)10-15-5-4-6-16(9-15)19-7-2-3-8-20-19/h2-9,17-18H,10-14H2,1H3/t17-,18+. The summed E-state index contributed by atoms with van der Waals surface area (Å²) in [6.07, 6.45) is 1.86. The molecule has 0 aliphatic carbocycles. The molecular formula is C19H23N3. The average Bonchev–Trinajstić information content (AvgIpc) is 3.05. The van der Waals surface area contributed by atoms with Crippen LogP contribution in [-0.2, 0) is 6.54 Å². The van der Waals surface area contributed by atoms with Crippen LogP contribution in [-0.4, -0.2) is 48.0 Å². The molecule has 0 unspecified atom stereocenters. The van der Waals surface area contributed by atoms with Crippen LogP contribution >= 0.6 is 0 Å². The number of fused-ring (bicyclic) bond motifs is 1. The molecule has 0 spiro atoms. The third-order valence-electron chi connectivity index (χ3n) is 5.04. The highest BCUT2D eigenvalue weighted by Gasteiger charge is 2.38. The van der Waals surface area contributed by atoms with Gasteiger partial charge in [0, 0.05) is 44.5 Å². The zero-order chi connectivity index (χ0) is 14.9. The number of nitrogens with zero attached hydrogens (tertiary/aromatic N) is 3. The van der Waals surface area contributed by atoms with Crippen LogP contribution < -0.4 is 0 Å². The Morgan fingerprint density at radius 3 is 2.55 bits per heavy atom. The second-order valence-electron chi connectivity index (χ2n) is 6.85. The average molecular weight is 293 g/mol. The van der Waals surface area contributed by atoms with Crippen molar-refractivity contribution >= 4 is 0 Å². The van der Waals surface area contributed by atoms with Crippen molar-refractivity contribution < 1.29 is 0 Å². The van der Waals surface area contributed by atoms with E-state index in [4.69, 9.17) is 0 Å². The minimum Gasteiger partial charge on any atom is -0.306 e. The first-order valence-electron chi connectivity index (χ1n) is 8.19. The van der Waals surface area contributed by atoms with Crippen molar-refractivity contribution in [3.05, 3.63) is 54.2 Å². The summed E-state index contributed by atoms with van der Waals surface area (Å²) in [7, 11) is 2.25. The van der Waals surface area contributed by atoms with Crippen molar-refractivity contribution in [2.75, 3.05) is 33.2 Å². The van der Waals surface area contributed by atoms with Gasteiger partial charge in [0.25, 0.3) is 0 Å². The lowest BCUT2D eigenvalue weighted by molar-refractivity contribution is 0.272. The van der Waals surface area contributed by atoms with Gasteiger partial charge < -0.3 is 4.90 Å². The van der Waals surface area contributed by atoms with Crippen molar-refractivity contribution in [3.8, 4) is 11.3 Å². The minimum atomic E-state index is 0.879.